The fourth-order valence-electron chi connectivity index (χ4n) is 1.62. The van der Waals surface area contributed by atoms with Gasteiger partial charge >= 0.3 is 0 Å². The van der Waals surface area contributed by atoms with E-state index in [2.05, 4.69) is 9.71 Å². The van der Waals surface area contributed by atoms with E-state index in [1.165, 1.54) is 12.1 Å². The van der Waals surface area contributed by atoms with Gasteiger partial charge in [0.15, 0.2) is 0 Å². The molecule has 0 bridgehead atoms. The molecule has 1 atom stereocenters. The molecular formula is C13H13FN2O3S. The monoisotopic (exact) mass is 296 g/mol. The number of anilines is 1. The fraction of sp³-hybridized carbons (Fsp3) is 0.154. The van der Waals surface area contributed by atoms with Gasteiger partial charge in [-0.05, 0) is 30.7 Å². The lowest BCUT2D eigenvalue weighted by Crippen LogP contribution is -2.13. The first-order valence-electron chi connectivity index (χ1n) is 5.80. The molecule has 7 heteroatoms. The van der Waals surface area contributed by atoms with Gasteiger partial charge in [-0.15, -0.1) is 0 Å². The van der Waals surface area contributed by atoms with Crippen molar-refractivity contribution in [2.24, 2.45) is 0 Å². The average Bonchev–Trinajstić information content (AvgIpc) is 2.38. The minimum absolute atomic E-state index is 0.264. The molecule has 1 aromatic carbocycles. The summed E-state index contributed by atoms with van der Waals surface area (Å²) in [5.74, 6) is -0.731. The molecule has 0 saturated carbocycles. The molecule has 5 nitrogen and oxygen atoms in total. The molecule has 0 aliphatic carbocycles. The minimum atomic E-state index is -3.91. The van der Waals surface area contributed by atoms with Crippen molar-refractivity contribution in [3.63, 3.8) is 0 Å². The van der Waals surface area contributed by atoms with Crippen LogP contribution in [0.4, 0.5) is 10.1 Å². The second-order valence-electron chi connectivity index (χ2n) is 4.25. The van der Waals surface area contributed by atoms with Crippen LogP contribution in [0.25, 0.3) is 0 Å². The van der Waals surface area contributed by atoms with Crippen molar-refractivity contribution in [2.45, 2.75) is 17.9 Å². The van der Waals surface area contributed by atoms with E-state index in [0.717, 1.165) is 18.5 Å². The van der Waals surface area contributed by atoms with E-state index in [9.17, 15) is 17.9 Å². The topological polar surface area (TPSA) is 79.3 Å². The van der Waals surface area contributed by atoms with E-state index < -0.39 is 21.9 Å². The zero-order valence-corrected chi connectivity index (χ0v) is 11.4. The van der Waals surface area contributed by atoms with Gasteiger partial charge in [-0.1, -0.05) is 12.1 Å². The smallest absolute Gasteiger partial charge is 0.263 e. The SMILES string of the molecule is CC(O)c1cccc(NS(=O)(=O)c2cncc(F)c2)c1. The van der Waals surface area contributed by atoms with Crippen LogP contribution in [0.1, 0.15) is 18.6 Å². The van der Waals surface area contributed by atoms with Crippen LogP contribution in [-0.4, -0.2) is 18.5 Å². The van der Waals surface area contributed by atoms with Crippen molar-refractivity contribution in [2.75, 3.05) is 4.72 Å². The highest BCUT2D eigenvalue weighted by atomic mass is 32.2. The van der Waals surface area contributed by atoms with Gasteiger partial charge in [0.25, 0.3) is 10.0 Å². The molecule has 1 heterocycles. The Balaban J connectivity index is 2.31. The van der Waals surface area contributed by atoms with Crippen LogP contribution in [0.5, 0.6) is 0 Å². The molecule has 1 unspecified atom stereocenters. The van der Waals surface area contributed by atoms with Gasteiger partial charge in [-0.2, -0.15) is 0 Å². The normalized spacial score (nSPS) is 12.9. The molecule has 2 N–H and O–H groups in total. The number of sulfonamides is 1. The lowest BCUT2D eigenvalue weighted by molar-refractivity contribution is 0.199. The van der Waals surface area contributed by atoms with Crippen LogP contribution >= 0.6 is 0 Å². The second-order valence-corrected chi connectivity index (χ2v) is 5.93. The minimum Gasteiger partial charge on any atom is -0.389 e. The number of aromatic nitrogens is 1. The lowest BCUT2D eigenvalue weighted by atomic mass is 10.1. The summed E-state index contributed by atoms with van der Waals surface area (Å²) < 4.78 is 39.4. The maximum atomic E-state index is 13.0. The van der Waals surface area contributed by atoms with E-state index in [1.54, 1.807) is 19.1 Å². The Morgan fingerprint density at radius 3 is 2.70 bits per heavy atom. The quantitative estimate of drug-likeness (QED) is 0.905. The van der Waals surface area contributed by atoms with Crippen LogP contribution < -0.4 is 4.72 Å². The van der Waals surface area contributed by atoms with Crippen molar-refractivity contribution in [1.29, 1.82) is 0 Å². The molecule has 0 amide bonds. The Hall–Kier alpha value is -1.99. The number of nitrogens with zero attached hydrogens (tertiary/aromatic N) is 1. The first kappa shape index (κ1) is 14.4. The molecule has 0 saturated heterocycles. The van der Waals surface area contributed by atoms with Crippen LogP contribution in [0.15, 0.2) is 47.6 Å². The molecule has 0 radical (unpaired) electrons. The van der Waals surface area contributed by atoms with Gasteiger partial charge in [0.2, 0.25) is 0 Å². The Morgan fingerprint density at radius 1 is 1.30 bits per heavy atom. The molecule has 0 spiro atoms. The van der Waals surface area contributed by atoms with Gasteiger partial charge in [0.1, 0.15) is 10.7 Å². The predicted octanol–water partition coefficient (Wildman–Crippen LogP) is 2.07. The molecular weight excluding hydrogens is 283 g/mol. The zero-order valence-electron chi connectivity index (χ0n) is 10.6. The summed E-state index contributed by atoms with van der Waals surface area (Å²) in [6.07, 6.45) is 1.27. The molecule has 106 valence electrons. The Kier molecular flexibility index (Phi) is 4.01. The van der Waals surface area contributed by atoms with Crippen LogP contribution in [0, 0.1) is 5.82 Å². The van der Waals surface area contributed by atoms with Gasteiger partial charge in [0.05, 0.1) is 12.3 Å². The molecule has 20 heavy (non-hydrogen) atoms. The summed E-state index contributed by atoms with van der Waals surface area (Å²) in [5.41, 5.74) is 0.857. The van der Waals surface area contributed by atoms with Gasteiger partial charge in [-0.25, -0.2) is 12.8 Å². The maximum absolute atomic E-state index is 13.0. The number of benzene rings is 1. The largest absolute Gasteiger partial charge is 0.389 e. The van der Waals surface area contributed by atoms with E-state index >= 15 is 0 Å². The first-order chi connectivity index (χ1) is 9.38. The van der Waals surface area contributed by atoms with E-state index in [4.69, 9.17) is 0 Å². The van der Waals surface area contributed by atoms with E-state index in [0.29, 0.717) is 5.56 Å². The lowest BCUT2D eigenvalue weighted by Gasteiger charge is -2.10. The zero-order chi connectivity index (χ0) is 14.8. The van der Waals surface area contributed by atoms with Crippen molar-refractivity contribution >= 4 is 15.7 Å². The van der Waals surface area contributed by atoms with Gasteiger partial charge in [-0.3, -0.25) is 9.71 Å². The fourth-order valence-corrected chi connectivity index (χ4v) is 2.64. The number of hydrogen-bond acceptors (Lipinski definition) is 4. The highest BCUT2D eigenvalue weighted by molar-refractivity contribution is 7.92. The third kappa shape index (κ3) is 3.31. The van der Waals surface area contributed by atoms with Gasteiger partial charge < -0.3 is 5.11 Å². The van der Waals surface area contributed by atoms with E-state index in [1.807, 2.05) is 0 Å². The van der Waals surface area contributed by atoms with Crippen molar-refractivity contribution < 1.29 is 17.9 Å². The number of aliphatic hydroxyl groups is 1. The molecule has 1 aromatic heterocycles. The average molecular weight is 296 g/mol. The third-order valence-corrected chi connectivity index (χ3v) is 3.96. The Labute approximate surface area is 116 Å². The Bertz CT molecular complexity index is 717. The number of rotatable bonds is 4. The summed E-state index contributed by atoms with van der Waals surface area (Å²) in [6, 6.07) is 7.22. The summed E-state index contributed by atoms with van der Waals surface area (Å²) >= 11 is 0. The molecule has 0 aliphatic rings. The maximum Gasteiger partial charge on any atom is 0.263 e. The molecule has 2 rings (SSSR count). The third-order valence-electron chi connectivity index (χ3n) is 2.61. The summed E-state index contributed by atoms with van der Waals surface area (Å²) in [6.45, 7) is 1.57. The highest BCUT2D eigenvalue weighted by Crippen LogP contribution is 2.20. The number of halogens is 1. The first-order valence-corrected chi connectivity index (χ1v) is 7.28. The van der Waals surface area contributed by atoms with E-state index in [-0.39, 0.29) is 10.6 Å². The van der Waals surface area contributed by atoms with Crippen LogP contribution in [-0.2, 0) is 10.0 Å². The van der Waals surface area contributed by atoms with Crippen LogP contribution in [0.2, 0.25) is 0 Å². The molecule has 0 aliphatic heterocycles. The van der Waals surface area contributed by atoms with Gasteiger partial charge in [0, 0.05) is 11.9 Å². The number of nitrogens with one attached hydrogen (secondary N) is 1. The molecule has 0 fully saturated rings. The summed E-state index contributed by atoms with van der Waals surface area (Å²) in [4.78, 5) is 3.24. The summed E-state index contributed by atoms with van der Waals surface area (Å²) in [7, 11) is -3.91. The predicted molar refractivity (Wildman–Crippen MR) is 72.1 cm³/mol. The van der Waals surface area contributed by atoms with Crippen molar-refractivity contribution in [3.8, 4) is 0 Å². The summed E-state index contributed by atoms with van der Waals surface area (Å²) in [5, 5.41) is 9.46. The van der Waals surface area contributed by atoms with Crippen LogP contribution in [0.3, 0.4) is 0 Å². The second kappa shape index (κ2) is 5.56. The number of hydrogen-bond donors (Lipinski definition) is 2. The highest BCUT2D eigenvalue weighted by Gasteiger charge is 2.16. The van der Waals surface area contributed by atoms with Crippen molar-refractivity contribution in [3.05, 3.63) is 54.1 Å². The Morgan fingerprint density at radius 2 is 2.05 bits per heavy atom. The number of aliphatic hydroxyl groups excluding tert-OH is 1. The molecule has 2 aromatic rings. The number of pyridine rings is 1. The van der Waals surface area contributed by atoms with Crippen molar-refractivity contribution in [1.82, 2.24) is 4.98 Å². The standard InChI is InChI=1S/C13H13FN2O3S/c1-9(17)10-3-2-4-12(5-10)16-20(18,19)13-6-11(14)7-15-8-13/h2-9,16-17H,1H3.